The van der Waals surface area contributed by atoms with Gasteiger partial charge in [0.15, 0.2) is 0 Å². The van der Waals surface area contributed by atoms with Crippen molar-refractivity contribution in [1.82, 2.24) is 4.98 Å². The molecular formula is C10H11F3N2O2. The number of hydrogen-bond acceptors (Lipinski definition) is 4. The van der Waals surface area contributed by atoms with Crippen molar-refractivity contribution in [3.63, 3.8) is 0 Å². The Hall–Kier alpha value is -1.79. The molecule has 7 heteroatoms. The maximum Gasteiger partial charge on any atom is 0.416 e. The summed E-state index contributed by atoms with van der Waals surface area (Å²) in [6.45, 7) is -0.162. The molecule has 0 saturated carbocycles. The van der Waals surface area contributed by atoms with Crippen LogP contribution in [0, 0.1) is 0 Å². The van der Waals surface area contributed by atoms with E-state index in [1.807, 2.05) is 0 Å². The summed E-state index contributed by atoms with van der Waals surface area (Å²) in [6, 6.07) is 1.75. The molecule has 0 amide bonds. The summed E-state index contributed by atoms with van der Waals surface area (Å²) in [7, 11) is 2.66. The van der Waals surface area contributed by atoms with Crippen LogP contribution in [0.25, 0.3) is 0 Å². The minimum absolute atomic E-state index is 0.0604. The Balaban J connectivity index is 2.88. The van der Waals surface area contributed by atoms with Gasteiger partial charge in [0.25, 0.3) is 0 Å². The Labute approximate surface area is 96.0 Å². The van der Waals surface area contributed by atoms with Crippen LogP contribution in [0.2, 0.25) is 0 Å². The normalized spacial score (nSPS) is 11.1. The van der Waals surface area contributed by atoms with Gasteiger partial charge in [-0.15, -0.1) is 0 Å². The number of hydrogen-bond donors (Lipinski definition) is 0. The summed E-state index contributed by atoms with van der Waals surface area (Å²) in [4.78, 5) is 16.0. The van der Waals surface area contributed by atoms with Crippen LogP contribution in [0.15, 0.2) is 18.3 Å². The van der Waals surface area contributed by atoms with Crippen molar-refractivity contribution in [3.8, 4) is 0 Å². The summed E-state index contributed by atoms with van der Waals surface area (Å²) >= 11 is 0. The van der Waals surface area contributed by atoms with Crippen LogP contribution in [0.4, 0.5) is 19.0 Å². The molecule has 0 aliphatic heterocycles. The van der Waals surface area contributed by atoms with Gasteiger partial charge in [0.05, 0.1) is 12.7 Å². The summed E-state index contributed by atoms with van der Waals surface area (Å²) in [5.41, 5.74) is -0.806. The van der Waals surface area contributed by atoms with Crippen LogP contribution in [-0.4, -0.2) is 31.7 Å². The second-order valence-corrected chi connectivity index (χ2v) is 3.33. The first kappa shape index (κ1) is 13.3. The lowest BCUT2D eigenvalue weighted by Crippen LogP contribution is -2.27. The van der Waals surface area contributed by atoms with Gasteiger partial charge in [-0.25, -0.2) is 4.98 Å². The molecule has 1 rings (SSSR count). The second kappa shape index (κ2) is 5.03. The van der Waals surface area contributed by atoms with E-state index in [1.54, 1.807) is 0 Å². The molecular weight excluding hydrogens is 237 g/mol. The molecule has 1 aromatic heterocycles. The van der Waals surface area contributed by atoms with Crippen molar-refractivity contribution in [2.45, 2.75) is 6.18 Å². The fourth-order valence-electron chi connectivity index (χ4n) is 1.14. The third-order valence-corrected chi connectivity index (χ3v) is 2.06. The molecule has 0 bridgehead atoms. The van der Waals surface area contributed by atoms with E-state index in [9.17, 15) is 18.0 Å². The van der Waals surface area contributed by atoms with Gasteiger partial charge in [0.2, 0.25) is 0 Å². The maximum atomic E-state index is 12.4. The van der Waals surface area contributed by atoms with Gasteiger partial charge >= 0.3 is 12.1 Å². The highest BCUT2D eigenvalue weighted by Gasteiger charge is 2.31. The third kappa shape index (κ3) is 3.61. The number of anilines is 1. The number of rotatable bonds is 3. The number of halogens is 3. The van der Waals surface area contributed by atoms with Gasteiger partial charge < -0.3 is 9.64 Å². The molecule has 0 atom stereocenters. The molecule has 1 heterocycles. The molecule has 0 N–H and O–H groups in total. The predicted molar refractivity (Wildman–Crippen MR) is 54.5 cm³/mol. The van der Waals surface area contributed by atoms with E-state index in [0.717, 1.165) is 18.3 Å². The van der Waals surface area contributed by atoms with Gasteiger partial charge in [-0.2, -0.15) is 13.2 Å². The monoisotopic (exact) mass is 248 g/mol. The zero-order valence-corrected chi connectivity index (χ0v) is 9.28. The Morgan fingerprint density at radius 3 is 2.71 bits per heavy atom. The quantitative estimate of drug-likeness (QED) is 0.764. The minimum atomic E-state index is -4.43. The molecule has 0 aliphatic rings. The molecule has 0 saturated heterocycles. The highest BCUT2D eigenvalue weighted by molar-refractivity contribution is 5.75. The van der Waals surface area contributed by atoms with Crippen LogP contribution < -0.4 is 4.90 Å². The molecule has 0 spiro atoms. The van der Waals surface area contributed by atoms with Gasteiger partial charge in [-0.1, -0.05) is 0 Å². The van der Waals surface area contributed by atoms with Gasteiger partial charge in [0.1, 0.15) is 12.4 Å². The summed E-state index contributed by atoms with van der Waals surface area (Å²) < 4.78 is 41.7. The van der Waals surface area contributed by atoms with Crippen molar-refractivity contribution in [1.29, 1.82) is 0 Å². The average Bonchev–Trinajstić information content (AvgIpc) is 2.28. The van der Waals surface area contributed by atoms with Crippen molar-refractivity contribution >= 4 is 11.8 Å². The first-order valence-electron chi connectivity index (χ1n) is 4.66. The highest BCUT2D eigenvalue weighted by atomic mass is 19.4. The molecule has 4 nitrogen and oxygen atoms in total. The number of aromatic nitrogens is 1. The average molecular weight is 248 g/mol. The van der Waals surface area contributed by atoms with Crippen LogP contribution in [0.3, 0.4) is 0 Å². The minimum Gasteiger partial charge on any atom is -0.468 e. The molecule has 94 valence electrons. The largest absolute Gasteiger partial charge is 0.468 e. The van der Waals surface area contributed by atoms with Gasteiger partial charge in [-0.05, 0) is 12.1 Å². The number of nitrogens with zero attached hydrogens (tertiary/aromatic N) is 2. The number of alkyl halides is 3. The fourth-order valence-corrected chi connectivity index (χ4v) is 1.14. The van der Waals surface area contributed by atoms with Crippen LogP contribution in [0.5, 0.6) is 0 Å². The number of carbonyl (C=O) groups is 1. The molecule has 0 aliphatic carbocycles. The van der Waals surface area contributed by atoms with E-state index < -0.39 is 17.7 Å². The fraction of sp³-hybridized carbons (Fsp3) is 0.400. The van der Waals surface area contributed by atoms with Crippen LogP contribution >= 0.6 is 0 Å². The van der Waals surface area contributed by atoms with E-state index in [-0.39, 0.29) is 12.4 Å². The second-order valence-electron chi connectivity index (χ2n) is 3.33. The van der Waals surface area contributed by atoms with Crippen LogP contribution in [0.1, 0.15) is 5.56 Å². The topological polar surface area (TPSA) is 42.4 Å². The Bertz CT molecular complexity index is 407. The lowest BCUT2D eigenvalue weighted by molar-refractivity contribution is -0.139. The number of pyridine rings is 1. The lowest BCUT2D eigenvalue weighted by atomic mass is 10.2. The summed E-state index contributed by atoms with van der Waals surface area (Å²) in [5, 5.41) is 0. The number of likely N-dealkylation sites (N-methyl/N-ethyl adjacent to an activating group) is 1. The Kier molecular flexibility index (Phi) is 3.93. The van der Waals surface area contributed by atoms with Crippen molar-refractivity contribution in [3.05, 3.63) is 23.9 Å². The van der Waals surface area contributed by atoms with Gasteiger partial charge in [0, 0.05) is 13.2 Å². The molecule has 0 unspecified atom stereocenters. The van der Waals surface area contributed by atoms with E-state index in [4.69, 9.17) is 0 Å². The third-order valence-electron chi connectivity index (χ3n) is 2.06. The van der Waals surface area contributed by atoms with E-state index in [2.05, 4.69) is 9.72 Å². The Morgan fingerprint density at radius 1 is 1.53 bits per heavy atom. The zero-order valence-electron chi connectivity index (χ0n) is 9.28. The molecule has 17 heavy (non-hydrogen) atoms. The van der Waals surface area contributed by atoms with E-state index >= 15 is 0 Å². The van der Waals surface area contributed by atoms with Crippen LogP contribution in [-0.2, 0) is 15.7 Å². The lowest BCUT2D eigenvalue weighted by Gasteiger charge is -2.17. The number of ether oxygens (including phenoxy) is 1. The summed E-state index contributed by atoms with van der Waals surface area (Å²) in [5.74, 6) is -0.489. The zero-order chi connectivity index (χ0) is 13.1. The number of esters is 1. The van der Waals surface area contributed by atoms with Crippen molar-refractivity contribution in [2.24, 2.45) is 0 Å². The molecule has 1 aromatic rings. The van der Waals surface area contributed by atoms with Crippen molar-refractivity contribution in [2.75, 3.05) is 25.6 Å². The molecule has 0 fully saturated rings. The maximum absolute atomic E-state index is 12.4. The highest BCUT2D eigenvalue weighted by Crippen LogP contribution is 2.30. The van der Waals surface area contributed by atoms with E-state index in [1.165, 1.54) is 19.1 Å². The van der Waals surface area contributed by atoms with E-state index in [0.29, 0.717) is 0 Å². The van der Waals surface area contributed by atoms with Gasteiger partial charge in [-0.3, -0.25) is 4.79 Å². The standard InChI is InChI=1S/C10H11F3N2O2/c1-15(6-9(16)17-2)8-5-7(3-4-14-8)10(11,12)13/h3-5H,6H2,1-2H3. The number of carbonyl (C=O) groups excluding carboxylic acids is 1. The molecule has 0 aromatic carbocycles. The SMILES string of the molecule is COC(=O)CN(C)c1cc(C(F)(F)F)ccn1. The van der Waals surface area contributed by atoms with Crippen molar-refractivity contribution < 1.29 is 22.7 Å². The smallest absolute Gasteiger partial charge is 0.416 e. The number of methoxy groups -OCH3 is 1. The molecule has 0 radical (unpaired) electrons. The summed E-state index contributed by atoms with van der Waals surface area (Å²) in [6.07, 6.45) is -3.38. The Morgan fingerprint density at radius 2 is 2.18 bits per heavy atom. The predicted octanol–water partition coefficient (Wildman–Crippen LogP) is 1.71. The first-order valence-corrected chi connectivity index (χ1v) is 4.66. The first-order chi connectivity index (χ1) is 7.84.